The second-order valence-corrected chi connectivity index (χ2v) is 9.33. The van der Waals surface area contributed by atoms with Crippen LogP contribution in [0.2, 0.25) is 0 Å². The van der Waals surface area contributed by atoms with Crippen LogP contribution < -0.4 is 0 Å². The van der Waals surface area contributed by atoms with E-state index in [0.717, 1.165) is 44.9 Å². The molecular formula is C21H29NO2. The van der Waals surface area contributed by atoms with Gasteiger partial charge in [0.1, 0.15) is 0 Å². The van der Waals surface area contributed by atoms with Gasteiger partial charge in [-0.25, -0.2) is 0 Å². The molecule has 4 aliphatic rings. The van der Waals surface area contributed by atoms with Gasteiger partial charge in [0.25, 0.3) is 0 Å². The van der Waals surface area contributed by atoms with Crippen molar-refractivity contribution in [2.45, 2.75) is 77.2 Å². The molecule has 4 rings (SSSR count). The summed E-state index contributed by atoms with van der Waals surface area (Å²) in [6.07, 6.45) is 10.1. The van der Waals surface area contributed by atoms with Crippen molar-refractivity contribution in [2.24, 2.45) is 28.6 Å². The molecule has 3 nitrogen and oxygen atoms in total. The van der Waals surface area contributed by atoms with E-state index in [9.17, 15) is 15.2 Å². The molecule has 0 unspecified atom stereocenters. The van der Waals surface area contributed by atoms with Crippen molar-refractivity contribution in [3.8, 4) is 6.07 Å². The first-order valence-corrected chi connectivity index (χ1v) is 9.67. The number of ketones is 1. The van der Waals surface area contributed by atoms with Crippen LogP contribution in [0.4, 0.5) is 0 Å². The third-order valence-electron chi connectivity index (χ3n) is 8.66. The summed E-state index contributed by atoms with van der Waals surface area (Å²) in [7, 11) is 0. The van der Waals surface area contributed by atoms with Gasteiger partial charge in [0, 0.05) is 11.8 Å². The molecule has 3 fully saturated rings. The molecule has 6 atom stereocenters. The number of aliphatic hydroxyl groups is 1. The zero-order chi connectivity index (χ0) is 17.2. The van der Waals surface area contributed by atoms with Crippen LogP contribution in [0.3, 0.4) is 0 Å². The van der Waals surface area contributed by atoms with Crippen LogP contribution in [0.5, 0.6) is 0 Å². The summed E-state index contributed by atoms with van der Waals surface area (Å²) in [4.78, 5) is 11.9. The van der Waals surface area contributed by atoms with Crippen molar-refractivity contribution < 1.29 is 9.90 Å². The first kappa shape index (κ1) is 16.3. The van der Waals surface area contributed by atoms with Gasteiger partial charge >= 0.3 is 0 Å². The highest BCUT2D eigenvalue weighted by Gasteiger charge is 2.63. The Morgan fingerprint density at radius 2 is 1.92 bits per heavy atom. The minimum atomic E-state index is -0.795. The Kier molecular flexibility index (Phi) is 3.52. The molecule has 0 spiro atoms. The molecule has 3 saturated carbocycles. The van der Waals surface area contributed by atoms with E-state index in [-0.39, 0.29) is 17.3 Å². The van der Waals surface area contributed by atoms with Crippen LogP contribution in [0.15, 0.2) is 11.6 Å². The Hall–Kier alpha value is -1.14. The maximum Gasteiger partial charge on any atom is 0.155 e. The number of nitrogens with zero attached hydrogens (tertiary/aromatic N) is 1. The first-order chi connectivity index (χ1) is 11.3. The van der Waals surface area contributed by atoms with Gasteiger partial charge in [-0.15, -0.1) is 0 Å². The van der Waals surface area contributed by atoms with Crippen LogP contribution in [-0.2, 0) is 4.79 Å². The fourth-order valence-electron chi connectivity index (χ4n) is 7.09. The fraction of sp³-hybridized carbons (Fsp3) is 0.810. The van der Waals surface area contributed by atoms with E-state index in [1.807, 2.05) is 6.08 Å². The maximum atomic E-state index is 11.9. The van der Waals surface area contributed by atoms with Gasteiger partial charge in [0.2, 0.25) is 0 Å². The first-order valence-electron chi connectivity index (χ1n) is 9.67. The van der Waals surface area contributed by atoms with E-state index in [1.165, 1.54) is 5.57 Å². The number of rotatable bonds is 1. The molecule has 130 valence electrons. The van der Waals surface area contributed by atoms with Crippen LogP contribution in [0.1, 0.15) is 71.6 Å². The minimum absolute atomic E-state index is 0.105. The zero-order valence-corrected chi connectivity index (χ0v) is 15.0. The van der Waals surface area contributed by atoms with Crippen LogP contribution >= 0.6 is 0 Å². The van der Waals surface area contributed by atoms with Gasteiger partial charge in [0.15, 0.2) is 5.78 Å². The molecule has 0 amide bonds. The highest BCUT2D eigenvalue weighted by atomic mass is 16.3. The summed E-state index contributed by atoms with van der Waals surface area (Å²) in [5.41, 5.74) is 0.686. The van der Waals surface area contributed by atoms with Crippen LogP contribution in [0, 0.1) is 39.9 Å². The van der Waals surface area contributed by atoms with E-state index < -0.39 is 5.60 Å². The van der Waals surface area contributed by atoms with Gasteiger partial charge in [-0.2, -0.15) is 5.26 Å². The summed E-state index contributed by atoms with van der Waals surface area (Å²) in [6.45, 7) is 4.64. The molecule has 0 saturated heterocycles. The standard InChI is InChI=1S/C21H29NO2/c1-19-8-5-15(23)13-14(19)3-4-16-17(19)6-9-20(2)18(16)7-10-21(20,24)11-12-22/h13,16-18,24H,3-11H2,1-2H3/t16-,17+,18+,19-,20+,21+/m0/s1. The Labute approximate surface area is 145 Å². The topological polar surface area (TPSA) is 61.1 Å². The maximum absolute atomic E-state index is 11.9. The Morgan fingerprint density at radius 3 is 2.67 bits per heavy atom. The number of hydrogen-bond donors (Lipinski definition) is 1. The molecule has 24 heavy (non-hydrogen) atoms. The lowest BCUT2D eigenvalue weighted by molar-refractivity contribution is -0.128. The van der Waals surface area contributed by atoms with Crippen molar-refractivity contribution in [2.75, 3.05) is 0 Å². The van der Waals surface area contributed by atoms with E-state index in [1.54, 1.807) is 0 Å². The monoisotopic (exact) mass is 327 g/mol. The van der Waals surface area contributed by atoms with Crippen molar-refractivity contribution >= 4 is 5.78 Å². The van der Waals surface area contributed by atoms with Gasteiger partial charge in [0.05, 0.1) is 18.1 Å². The predicted octanol–water partition coefficient (Wildman–Crippen LogP) is 4.16. The molecule has 3 heteroatoms. The number of hydrogen-bond acceptors (Lipinski definition) is 3. The molecule has 0 bridgehead atoms. The lowest BCUT2D eigenvalue weighted by Gasteiger charge is -2.59. The van der Waals surface area contributed by atoms with E-state index in [2.05, 4.69) is 19.9 Å². The molecule has 4 aliphatic carbocycles. The van der Waals surface area contributed by atoms with Crippen molar-refractivity contribution in [3.63, 3.8) is 0 Å². The third kappa shape index (κ3) is 1.96. The lowest BCUT2D eigenvalue weighted by atomic mass is 9.46. The summed E-state index contributed by atoms with van der Waals surface area (Å²) in [5, 5.41) is 20.4. The van der Waals surface area contributed by atoms with Crippen molar-refractivity contribution in [1.82, 2.24) is 0 Å². The Morgan fingerprint density at radius 1 is 1.17 bits per heavy atom. The second-order valence-electron chi connectivity index (χ2n) is 9.33. The lowest BCUT2D eigenvalue weighted by Crippen LogP contribution is -2.54. The van der Waals surface area contributed by atoms with Gasteiger partial charge < -0.3 is 5.11 Å². The van der Waals surface area contributed by atoms with Gasteiger partial charge in [-0.3, -0.25) is 4.79 Å². The highest BCUT2D eigenvalue weighted by molar-refractivity contribution is 5.91. The zero-order valence-electron chi connectivity index (χ0n) is 15.0. The van der Waals surface area contributed by atoms with Crippen LogP contribution in [-0.4, -0.2) is 16.5 Å². The van der Waals surface area contributed by atoms with Crippen molar-refractivity contribution in [1.29, 1.82) is 5.26 Å². The molecule has 0 aromatic heterocycles. The molecule has 0 radical (unpaired) electrons. The normalized spacial score (nSPS) is 50.3. The number of nitriles is 1. The Balaban J connectivity index is 1.67. The SMILES string of the molecule is C[C@]12CCC(=O)C=C1CC[C@H]1[C@H]2CC[C@]2(C)[C@@H]1CC[C@@]2(O)CC#N. The summed E-state index contributed by atoms with van der Waals surface area (Å²) in [6, 6.07) is 2.24. The summed E-state index contributed by atoms with van der Waals surface area (Å²) < 4.78 is 0. The van der Waals surface area contributed by atoms with E-state index in [4.69, 9.17) is 0 Å². The van der Waals surface area contributed by atoms with Crippen LogP contribution in [0.25, 0.3) is 0 Å². The predicted molar refractivity (Wildman–Crippen MR) is 91.9 cm³/mol. The van der Waals surface area contributed by atoms with E-state index in [0.29, 0.717) is 30.0 Å². The largest absolute Gasteiger partial charge is 0.388 e. The molecule has 0 heterocycles. The second kappa shape index (κ2) is 5.18. The average molecular weight is 327 g/mol. The van der Waals surface area contributed by atoms with Crippen molar-refractivity contribution in [3.05, 3.63) is 11.6 Å². The molecule has 0 aliphatic heterocycles. The molecule has 1 N–H and O–H groups in total. The molecule has 0 aromatic carbocycles. The number of carbonyl (C=O) groups is 1. The van der Waals surface area contributed by atoms with Gasteiger partial charge in [-0.1, -0.05) is 19.4 Å². The fourth-order valence-corrected chi connectivity index (χ4v) is 7.09. The Bertz CT molecular complexity index is 647. The summed E-state index contributed by atoms with van der Waals surface area (Å²) >= 11 is 0. The third-order valence-corrected chi connectivity index (χ3v) is 8.66. The van der Waals surface area contributed by atoms with Gasteiger partial charge in [-0.05, 0) is 74.2 Å². The molecule has 0 aromatic rings. The smallest absolute Gasteiger partial charge is 0.155 e. The molecular weight excluding hydrogens is 298 g/mol. The minimum Gasteiger partial charge on any atom is -0.388 e. The highest BCUT2D eigenvalue weighted by Crippen LogP contribution is 2.67. The number of fused-ring (bicyclic) bond motifs is 5. The number of allylic oxidation sites excluding steroid dienone is 1. The number of carbonyl (C=O) groups excluding carboxylic acids is 1. The van der Waals surface area contributed by atoms with E-state index >= 15 is 0 Å². The average Bonchev–Trinajstić information content (AvgIpc) is 2.80. The summed E-state index contributed by atoms with van der Waals surface area (Å²) in [5.74, 6) is 2.14. The quantitative estimate of drug-likeness (QED) is 0.786.